The largest absolute Gasteiger partial charge is 0.497 e. The molecule has 0 spiro atoms. The van der Waals surface area contributed by atoms with Crippen LogP contribution in [0.1, 0.15) is 77.2 Å². The van der Waals surface area contributed by atoms with Crippen LogP contribution in [-0.4, -0.2) is 31.7 Å². The molecule has 1 unspecified atom stereocenters. The molecule has 1 atom stereocenters. The summed E-state index contributed by atoms with van der Waals surface area (Å²) in [7, 11) is 1.68. The molecule has 1 aliphatic heterocycles. The molecule has 170 valence electrons. The highest BCUT2D eigenvalue weighted by Gasteiger charge is 2.14. The highest BCUT2D eigenvalue weighted by Crippen LogP contribution is 2.12. The van der Waals surface area contributed by atoms with Crippen LogP contribution in [0, 0.1) is 0 Å². The number of amidine groups is 1. The number of rotatable bonds is 14. The fourth-order valence-corrected chi connectivity index (χ4v) is 3.35. The van der Waals surface area contributed by atoms with Crippen LogP contribution in [0.25, 0.3) is 0 Å². The Morgan fingerprint density at radius 3 is 2.27 bits per heavy atom. The standard InChI is InChI=1S/C23H39N5O.ClH/c1-4-5-6-7-8-9-10-11-12-17-24-22-26-19(2)27-23(28-22)25-18-20-13-15-21(29-3)16-14-20;/h13-16,22,24H,4-12,17-18H2,1-3H3,(H2,25,26,27,28);1H. The Labute approximate surface area is 188 Å². The summed E-state index contributed by atoms with van der Waals surface area (Å²) in [6.45, 7) is 5.82. The van der Waals surface area contributed by atoms with Crippen LogP contribution in [-0.2, 0) is 6.54 Å². The van der Waals surface area contributed by atoms with Gasteiger partial charge in [-0.15, -0.1) is 12.4 Å². The first-order chi connectivity index (χ1) is 14.2. The zero-order valence-corrected chi connectivity index (χ0v) is 19.7. The molecule has 1 aliphatic rings. The predicted molar refractivity (Wildman–Crippen MR) is 130 cm³/mol. The van der Waals surface area contributed by atoms with Crippen LogP contribution < -0.4 is 20.7 Å². The van der Waals surface area contributed by atoms with E-state index in [1.54, 1.807) is 7.11 Å². The van der Waals surface area contributed by atoms with Crippen LogP contribution in [0.2, 0.25) is 0 Å². The quantitative estimate of drug-likeness (QED) is 0.358. The molecule has 7 heteroatoms. The molecule has 0 aromatic heterocycles. The van der Waals surface area contributed by atoms with E-state index in [4.69, 9.17) is 4.74 Å². The molecule has 2 rings (SSSR count). The topological polar surface area (TPSA) is 70.0 Å². The van der Waals surface area contributed by atoms with Gasteiger partial charge in [-0.05, 0) is 37.6 Å². The normalized spacial score (nSPS) is 17.0. The van der Waals surface area contributed by atoms with Gasteiger partial charge in [0.15, 0.2) is 12.2 Å². The van der Waals surface area contributed by atoms with Crippen molar-refractivity contribution in [2.24, 2.45) is 9.98 Å². The van der Waals surface area contributed by atoms with Crippen molar-refractivity contribution in [2.75, 3.05) is 13.7 Å². The van der Waals surface area contributed by atoms with Crippen molar-refractivity contribution in [3.63, 3.8) is 0 Å². The molecule has 0 radical (unpaired) electrons. The number of benzene rings is 1. The minimum atomic E-state index is -0.111. The van der Waals surface area contributed by atoms with E-state index in [2.05, 4.69) is 32.9 Å². The summed E-state index contributed by atoms with van der Waals surface area (Å²) in [6, 6.07) is 7.98. The summed E-state index contributed by atoms with van der Waals surface area (Å²) in [5.74, 6) is 2.50. The first-order valence-corrected chi connectivity index (χ1v) is 11.2. The lowest BCUT2D eigenvalue weighted by Gasteiger charge is -2.25. The smallest absolute Gasteiger partial charge is 0.199 e. The highest BCUT2D eigenvalue weighted by atomic mass is 35.5. The minimum Gasteiger partial charge on any atom is -0.497 e. The first kappa shape index (κ1) is 26.2. The minimum absolute atomic E-state index is 0. The van der Waals surface area contributed by atoms with Gasteiger partial charge in [0.25, 0.3) is 0 Å². The average molecular weight is 438 g/mol. The number of hydrogen-bond acceptors (Lipinski definition) is 4. The fraction of sp³-hybridized carbons (Fsp3) is 0.652. The number of hydrogen-bond donors (Lipinski definition) is 3. The van der Waals surface area contributed by atoms with E-state index >= 15 is 0 Å². The van der Waals surface area contributed by atoms with Crippen LogP contribution >= 0.6 is 12.4 Å². The number of guanidine groups is 1. The summed E-state index contributed by atoms with van der Waals surface area (Å²) >= 11 is 0. The lowest BCUT2D eigenvalue weighted by molar-refractivity contribution is 0.414. The van der Waals surface area contributed by atoms with Gasteiger partial charge in [-0.1, -0.05) is 70.4 Å². The average Bonchev–Trinajstić information content (AvgIpc) is 2.73. The van der Waals surface area contributed by atoms with Crippen molar-refractivity contribution >= 4 is 24.2 Å². The van der Waals surface area contributed by atoms with Gasteiger partial charge in [0.2, 0.25) is 0 Å². The predicted octanol–water partition coefficient (Wildman–Crippen LogP) is 4.99. The molecule has 6 nitrogen and oxygen atoms in total. The maximum Gasteiger partial charge on any atom is 0.199 e. The van der Waals surface area contributed by atoms with Gasteiger partial charge in [0.1, 0.15) is 11.6 Å². The van der Waals surface area contributed by atoms with Gasteiger partial charge in [0.05, 0.1) is 13.7 Å². The van der Waals surface area contributed by atoms with Gasteiger partial charge >= 0.3 is 0 Å². The molecule has 0 fully saturated rings. The van der Waals surface area contributed by atoms with Gasteiger partial charge in [-0.2, -0.15) is 0 Å². The monoisotopic (exact) mass is 437 g/mol. The molecule has 1 heterocycles. The Morgan fingerprint density at radius 2 is 1.63 bits per heavy atom. The molecule has 0 saturated heterocycles. The molecule has 30 heavy (non-hydrogen) atoms. The summed E-state index contributed by atoms with van der Waals surface area (Å²) in [5, 5.41) is 10.0. The van der Waals surface area contributed by atoms with Crippen molar-refractivity contribution in [2.45, 2.75) is 84.5 Å². The molecule has 0 saturated carbocycles. The highest BCUT2D eigenvalue weighted by molar-refractivity contribution is 6.00. The second-order valence-electron chi connectivity index (χ2n) is 7.68. The molecular formula is C23H40ClN5O. The lowest BCUT2D eigenvalue weighted by Crippen LogP contribution is -2.55. The molecule has 0 aliphatic carbocycles. The van der Waals surface area contributed by atoms with Crippen LogP contribution in [0.4, 0.5) is 0 Å². The molecule has 0 bridgehead atoms. The summed E-state index contributed by atoms with van der Waals surface area (Å²) < 4.78 is 5.20. The van der Waals surface area contributed by atoms with E-state index in [1.165, 1.54) is 57.8 Å². The van der Waals surface area contributed by atoms with Gasteiger partial charge < -0.3 is 15.4 Å². The van der Waals surface area contributed by atoms with E-state index in [0.717, 1.165) is 29.7 Å². The Bertz CT molecular complexity index is 633. The Morgan fingerprint density at radius 1 is 1.00 bits per heavy atom. The summed E-state index contributed by atoms with van der Waals surface area (Å²) in [4.78, 5) is 9.21. The SMILES string of the molecule is CCCCCCCCCCCNC1N=C(C)NC(=NCc2ccc(OC)cc2)N1.Cl. The van der Waals surface area contributed by atoms with Gasteiger partial charge in [-0.3, -0.25) is 5.32 Å². The molecule has 1 aromatic carbocycles. The van der Waals surface area contributed by atoms with E-state index in [0.29, 0.717) is 6.54 Å². The lowest BCUT2D eigenvalue weighted by atomic mass is 10.1. The molecular weight excluding hydrogens is 398 g/mol. The van der Waals surface area contributed by atoms with E-state index in [-0.39, 0.29) is 18.7 Å². The van der Waals surface area contributed by atoms with Crippen molar-refractivity contribution in [3.8, 4) is 5.75 Å². The third-order valence-electron chi connectivity index (χ3n) is 5.09. The number of unbranched alkanes of at least 4 members (excludes halogenated alkanes) is 8. The number of ether oxygens (including phenoxy) is 1. The van der Waals surface area contributed by atoms with Crippen molar-refractivity contribution in [1.82, 2.24) is 16.0 Å². The number of methoxy groups -OCH3 is 1. The summed E-state index contributed by atoms with van der Waals surface area (Å²) in [6.07, 6.45) is 12.0. The maximum absolute atomic E-state index is 5.20. The fourth-order valence-electron chi connectivity index (χ4n) is 3.35. The van der Waals surface area contributed by atoms with Gasteiger partial charge in [-0.25, -0.2) is 9.98 Å². The Balaban J connectivity index is 0.00000450. The van der Waals surface area contributed by atoms with Crippen molar-refractivity contribution < 1.29 is 4.74 Å². The second kappa shape index (κ2) is 16.0. The van der Waals surface area contributed by atoms with E-state index in [9.17, 15) is 0 Å². The second-order valence-corrected chi connectivity index (χ2v) is 7.68. The number of aliphatic imine (C=N–C) groups is 2. The van der Waals surface area contributed by atoms with E-state index in [1.807, 2.05) is 31.2 Å². The van der Waals surface area contributed by atoms with Crippen molar-refractivity contribution in [1.29, 1.82) is 0 Å². The van der Waals surface area contributed by atoms with Crippen LogP contribution in [0.15, 0.2) is 34.3 Å². The molecule has 0 amide bonds. The number of nitrogens with zero attached hydrogens (tertiary/aromatic N) is 2. The zero-order chi connectivity index (χ0) is 20.7. The third kappa shape index (κ3) is 10.8. The number of halogens is 1. The van der Waals surface area contributed by atoms with Crippen molar-refractivity contribution in [3.05, 3.63) is 29.8 Å². The Hall–Kier alpha value is -1.79. The van der Waals surface area contributed by atoms with Gasteiger partial charge in [0, 0.05) is 0 Å². The first-order valence-electron chi connectivity index (χ1n) is 11.2. The molecule has 1 aromatic rings. The summed E-state index contributed by atoms with van der Waals surface area (Å²) in [5.41, 5.74) is 1.14. The van der Waals surface area contributed by atoms with E-state index < -0.39 is 0 Å². The Kier molecular flexibility index (Phi) is 14.0. The zero-order valence-electron chi connectivity index (χ0n) is 18.9. The third-order valence-corrected chi connectivity index (χ3v) is 5.09. The van der Waals surface area contributed by atoms with Crippen LogP contribution in [0.5, 0.6) is 5.75 Å². The van der Waals surface area contributed by atoms with Crippen LogP contribution in [0.3, 0.4) is 0 Å². The number of nitrogens with one attached hydrogen (secondary N) is 3. The molecule has 3 N–H and O–H groups in total. The maximum atomic E-state index is 5.20.